The summed E-state index contributed by atoms with van der Waals surface area (Å²) in [5.41, 5.74) is 0.900. The topological polar surface area (TPSA) is 53.4 Å². The molecule has 0 atom stereocenters. The molecule has 17 heavy (non-hydrogen) atoms. The Morgan fingerprint density at radius 2 is 2.29 bits per heavy atom. The molecule has 0 aromatic carbocycles. The van der Waals surface area contributed by atoms with Gasteiger partial charge in [0.25, 0.3) is 0 Å². The molecule has 1 aliphatic carbocycles. The third kappa shape index (κ3) is 3.19. The molecule has 4 nitrogen and oxygen atoms in total. The van der Waals surface area contributed by atoms with E-state index in [2.05, 4.69) is 16.9 Å². The second-order valence-electron chi connectivity index (χ2n) is 4.56. The van der Waals surface area contributed by atoms with Gasteiger partial charge >= 0.3 is 5.97 Å². The number of anilines is 1. The minimum absolute atomic E-state index is 0.163. The van der Waals surface area contributed by atoms with Gasteiger partial charge in [0.15, 0.2) is 5.13 Å². The Morgan fingerprint density at radius 3 is 2.94 bits per heavy atom. The highest BCUT2D eigenvalue weighted by Crippen LogP contribution is 2.29. The lowest BCUT2D eigenvalue weighted by atomic mass is 10.2. The lowest BCUT2D eigenvalue weighted by molar-refractivity contribution is -0.136. The molecule has 1 saturated carbocycles. The van der Waals surface area contributed by atoms with E-state index in [0.29, 0.717) is 12.5 Å². The number of carboxylic acids is 1. The Labute approximate surface area is 105 Å². The molecule has 1 heterocycles. The Balaban J connectivity index is 1.94. The summed E-state index contributed by atoms with van der Waals surface area (Å²) >= 11 is 1.62. The summed E-state index contributed by atoms with van der Waals surface area (Å²) in [4.78, 5) is 17.2. The summed E-state index contributed by atoms with van der Waals surface area (Å²) in [5, 5.41) is 11.6. The van der Waals surface area contributed by atoms with E-state index in [9.17, 15) is 4.79 Å². The Hall–Kier alpha value is -1.10. The van der Waals surface area contributed by atoms with Crippen molar-refractivity contribution in [1.82, 2.24) is 4.98 Å². The fourth-order valence-corrected chi connectivity index (χ4v) is 3.15. The van der Waals surface area contributed by atoms with Crippen molar-refractivity contribution in [3.05, 3.63) is 11.1 Å². The molecule has 5 heteroatoms. The number of thiazole rings is 1. The van der Waals surface area contributed by atoms with Crippen molar-refractivity contribution < 1.29 is 9.90 Å². The molecule has 2 rings (SSSR count). The van der Waals surface area contributed by atoms with Crippen LogP contribution in [0.4, 0.5) is 5.13 Å². The largest absolute Gasteiger partial charge is 0.481 e. The van der Waals surface area contributed by atoms with Crippen molar-refractivity contribution in [2.24, 2.45) is 0 Å². The van der Waals surface area contributed by atoms with Gasteiger partial charge in [0.2, 0.25) is 0 Å². The number of nitrogens with zero attached hydrogens (tertiary/aromatic N) is 2. The third-order valence-corrected chi connectivity index (χ3v) is 4.29. The maximum Gasteiger partial charge on any atom is 0.303 e. The van der Waals surface area contributed by atoms with Gasteiger partial charge in [0, 0.05) is 24.9 Å². The molecule has 1 aromatic heterocycles. The summed E-state index contributed by atoms with van der Waals surface area (Å²) in [6.45, 7) is 0. The highest BCUT2D eigenvalue weighted by molar-refractivity contribution is 7.13. The molecule has 1 N–H and O–H groups in total. The Bertz CT molecular complexity index is 386. The molecular formula is C12H18N2O2S. The normalized spacial score (nSPS) is 16.3. The highest BCUT2D eigenvalue weighted by Gasteiger charge is 2.21. The van der Waals surface area contributed by atoms with Crippen LogP contribution in [0.5, 0.6) is 0 Å². The third-order valence-electron chi connectivity index (χ3n) is 3.31. The van der Waals surface area contributed by atoms with Gasteiger partial charge in [-0.25, -0.2) is 4.98 Å². The minimum atomic E-state index is -0.760. The van der Waals surface area contributed by atoms with Gasteiger partial charge < -0.3 is 10.0 Å². The zero-order chi connectivity index (χ0) is 12.3. The SMILES string of the molecule is CN(c1nc(CCC(=O)O)cs1)C1CCCC1. The van der Waals surface area contributed by atoms with Crippen LogP contribution >= 0.6 is 11.3 Å². The first-order valence-corrected chi connectivity index (χ1v) is 6.94. The zero-order valence-corrected chi connectivity index (χ0v) is 10.9. The number of hydrogen-bond donors (Lipinski definition) is 1. The van der Waals surface area contributed by atoms with Crippen LogP contribution in [0.25, 0.3) is 0 Å². The van der Waals surface area contributed by atoms with Crippen molar-refractivity contribution in [3.8, 4) is 0 Å². The van der Waals surface area contributed by atoms with Crippen LogP contribution in [0.15, 0.2) is 5.38 Å². The van der Waals surface area contributed by atoms with Gasteiger partial charge in [-0.3, -0.25) is 4.79 Å². The molecule has 0 saturated heterocycles. The molecule has 0 amide bonds. The number of aromatic nitrogens is 1. The molecule has 0 unspecified atom stereocenters. The lowest BCUT2D eigenvalue weighted by Crippen LogP contribution is -2.28. The molecule has 1 fully saturated rings. The quantitative estimate of drug-likeness (QED) is 0.877. The van der Waals surface area contributed by atoms with E-state index in [1.807, 2.05) is 5.38 Å². The summed E-state index contributed by atoms with van der Waals surface area (Å²) in [6.07, 6.45) is 5.82. The van der Waals surface area contributed by atoms with Crippen molar-refractivity contribution in [2.75, 3.05) is 11.9 Å². The first kappa shape index (κ1) is 12.4. The van der Waals surface area contributed by atoms with Gasteiger partial charge in [-0.15, -0.1) is 11.3 Å². The molecule has 1 aromatic rings. The van der Waals surface area contributed by atoms with E-state index < -0.39 is 5.97 Å². The van der Waals surface area contributed by atoms with Crippen LogP contribution < -0.4 is 4.90 Å². The first-order chi connectivity index (χ1) is 8.16. The zero-order valence-electron chi connectivity index (χ0n) is 10.1. The molecule has 94 valence electrons. The van der Waals surface area contributed by atoms with Crippen LogP contribution in [-0.4, -0.2) is 29.1 Å². The number of aryl methyl sites for hydroxylation is 1. The number of hydrogen-bond acceptors (Lipinski definition) is 4. The van der Waals surface area contributed by atoms with Gasteiger partial charge in [0.05, 0.1) is 12.1 Å². The molecule has 0 radical (unpaired) electrons. The predicted octanol–water partition coefficient (Wildman–Crippen LogP) is 2.54. The number of carboxylic acid groups (broad SMARTS) is 1. The number of carbonyl (C=O) groups is 1. The van der Waals surface area contributed by atoms with Gasteiger partial charge in [0.1, 0.15) is 0 Å². The summed E-state index contributed by atoms with van der Waals surface area (Å²) < 4.78 is 0. The monoisotopic (exact) mass is 254 g/mol. The summed E-state index contributed by atoms with van der Waals surface area (Å²) in [5.74, 6) is -0.760. The Morgan fingerprint density at radius 1 is 1.59 bits per heavy atom. The van der Waals surface area contributed by atoms with Crippen molar-refractivity contribution in [2.45, 2.75) is 44.6 Å². The van der Waals surface area contributed by atoms with Crippen molar-refractivity contribution in [1.29, 1.82) is 0 Å². The minimum Gasteiger partial charge on any atom is -0.481 e. The van der Waals surface area contributed by atoms with E-state index in [4.69, 9.17) is 5.11 Å². The van der Waals surface area contributed by atoms with Gasteiger partial charge in [-0.05, 0) is 12.8 Å². The summed E-state index contributed by atoms with van der Waals surface area (Å²) in [6, 6.07) is 0.619. The molecule has 0 bridgehead atoms. The van der Waals surface area contributed by atoms with Gasteiger partial charge in [-0.1, -0.05) is 12.8 Å². The fourth-order valence-electron chi connectivity index (χ4n) is 2.26. The van der Waals surface area contributed by atoms with Crippen LogP contribution in [0, 0.1) is 0 Å². The molecular weight excluding hydrogens is 236 g/mol. The molecule has 1 aliphatic rings. The maximum absolute atomic E-state index is 10.5. The number of rotatable bonds is 5. The van der Waals surface area contributed by atoms with E-state index >= 15 is 0 Å². The molecule has 0 spiro atoms. The number of aliphatic carboxylic acids is 1. The second-order valence-corrected chi connectivity index (χ2v) is 5.40. The highest BCUT2D eigenvalue weighted by atomic mass is 32.1. The van der Waals surface area contributed by atoms with Crippen LogP contribution in [0.3, 0.4) is 0 Å². The standard InChI is InChI=1S/C12H18N2O2S/c1-14(10-4-2-3-5-10)12-13-9(8-17-12)6-7-11(15)16/h8,10H,2-7H2,1H3,(H,15,16). The van der Waals surface area contributed by atoms with E-state index in [1.165, 1.54) is 25.7 Å². The van der Waals surface area contributed by atoms with Crippen LogP contribution in [0.2, 0.25) is 0 Å². The van der Waals surface area contributed by atoms with Crippen molar-refractivity contribution >= 4 is 22.4 Å². The first-order valence-electron chi connectivity index (χ1n) is 6.06. The van der Waals surface area contributed by atoms with Crippen LogP contribution in [-0.2, 0) is 11.2 Å². The van der Waals surface area contributed by atoms with Crippen LogP contribution in [0.1, 0.15) is 37.8 Å². The summed E-state index contributed by atoms with van der Waals surface area (Å²) in [7, 11) is 2.09. The maximum atomic E-state index is 10.5. The van der Waals surface area contributed by atoms with Crippen molar-refractivity contribution in [3.63, 3.8) is 0 Å². The lowest BCUT2D eigenvalue weighted by Gasteiger charge is -2.23. The average molecular weight is 254 g/mol. The van der Waals surface area contributed by atoms with E-state index in [-0.39, 0.29) is 6.42 Å². The second kappa shape index (κ2) is 5.49. The Kier molecular flexibility index (Phi) is 3.99. The predicted molar refractivity (Wildman–Crippen MR) is 68.7 cm³/mol. The molecule has 0 aliphatic heterocycles. The average Bonchev–Trinajstić information content (AvgIpc) is 2.97. The van der Waals surface area contributed by atoms with E-state index in [1.54, 1.807) is 11.3 Å². The van der Waals surface area contributed by atoms with E-state index in [0.717, 1.165) is 10.8 Å². The fraction of sp³-hybridized carbons (Fsp3) is 0.667. The van der Waals surface area contributed by atoms with Gasteiger partial charge in [-0.2, -0.15) is 0 Å². The smallest absolute Gasteiger partial charge is 0.303 e.